The number of nitrogens with zero attached hydrogens (tertiary/aromatic N) is 2. The van der Waals surface area contributed by atoms with Crippen molar-refractivity contribution in [1.82, 2.24) is 9.36 Å². The molecule has 1 N–H and O–H groups in total. The molecular weight excluding hydrogens is 310 g/mol. The summed E-state index contributed by atoms with van der Waals surface area (Å²) in [5.41, 5.74) is 1.22. The molecule has 96 valence electrons. The van der Waals surface area contributed by atoms with Crippen LogP contribution in [0.1, 0.15) is 32.2 Å². The molecule has 0 radical (unpaired) electrons. The fourth-order valence-corrected chi connectivity index (χ4v) is 2.59. The van der Waals surface area contributed by atoms with E-state index in [-0.39, 0.29) is 5.41 Å². The first-order chi connectivity index (χ1) is 8.47. The van der Waals surface area contributed by atoms with Crippen molar-refractivity contribution in [3.8, 4) is 0 Å². The summed E-state index contributed by atoms with van der Waals surface area (Å²) in [4.78, 5) is 4.51. The maximum absolute atomic E-state index is 4.51. The lowest BCUT2D eigenvalue weighted by Crippen LogP contribution is -2.13. The van der Waals surface area contributed by atoms with E-state index >= 15 is 0 Å². The van der Waals surface area contributed by atoms with E-state index in [0.717, 1.165) is 22.0 Å². The number of hydrogen-bond acceptors (Lipinski definition) is 4. The molecule has 0 saturated carbocycles. The average molecular weight is 326 g/mol. The Morgan fingerprint density at radius 1 is 1.28 bits per heavy atom. The van der Waals surface area contributed by atoms with Crippen molar-refractivity contribution in [3.05, 3.63) is 40.1 Å². The van der Waals surface area contributed by atoms with Gasteiger partial charge in [0.25, 0.3) is 0 Å². The highest BCUT2D eigenvalue weighted by Crippen LogP contribution is 2.24. The first kappa shape index (κ1) is 13.5. The lowest BCUT2D eigenvalue weighted by molar-refractivity contribution is 0.555. The van der Waals surface area contributed by atoms with E-state index in [1.165, 1.54) is 17.1 Å². The Kier molecular flexibility index (Phi) is 4.02. The van der Waals surface area contributed by atoms with Gasteiger partial charge < -0.3 is 5.32 Å². The summed E-state index contributed by atoms with van der Waals surface area (Å²) in [6.45, 7) is 7.10. The maximum atomic E-state index is 4.51. The normalized spacial score (nSPS) is 11.6. The molecule has 1 aromatic heterocycles. The minimum Gasteiger partial charge on any atom is -0.356 e. The summed E-state index contributed by atoms with van der Waals surface area (Å²) >= 11 is 4.95. The van der Waals surface area contributed by atoms with Crippen LogP contribution < -0.4 is 5.32 Å². The monoisotopic (exact) mass is 325 g/mol. The van der Waals surface area contributed by atoms with Crippen molar-refractivity contribution in [3.63, 3.8) is 0 Å². The van der Waals surface area contributed by atoms with Crippen LogP contribution in [0.2, 0.25) is 0 Å². The summed E-state index contributed by atoms with van der Waals surface area (Å²) in [6, 6.07) is 8.17. The van der Waals surface area contributed by atoms with E-state index in [1.54, 1.807) is 0 Å². The summed E-state index contributed by atoms with van der Waals surface area (Å²) < 4.78 is 5.49. The SMILES string of the molecule is CC(C)(C)c1nsc(NCc2ccccc2Br)n1. The zero-order valence-electron chi connectivity index (χ0n) is 10.7. The van der Waals surface area contributed by atoms with Crippen LogP contribution in [-0.2, 0) is 12.0 Å². The van der Waals surface area contributed by atoms with Crippen molar-refractivity contribution in [2.45, 2.75) is 32.7 Å². The third-order valence-electron chi connectivity index (χ3n) is 2.48. The van der Waals surface area contributed by atoms with Gasteiger partial charge in [0.1, 0.15) is 5.82 Å². The maximum Gasteiger partial charge on any atom is 0.202 e. The molecule has 0 bridgehead atoms. The first-order valence-corrected chi connectivity index (χ1v) is 7.35. The van der Waals surface area contributed by atoms with E-state index in [9.17, 15) is 0 Å². The molecule has 0 spiro atoms. The van der Waals surface area contributed by atoms with Gasteiger partial charge in [0.2, 0.25) is 5.13 Å². The third kappa shape index (κ3) is 3.29. The highest BCUT2D eigenvalue weighted by Gasteiger charge is 2.19. The van der Waals surface area contributed by atoms with E-state index in [2.05, 4.69) is 57.4 Å². The smallest absolute Gasteiger partial charge is 0.202 e. The molecule has 0 aliphatic carbocycles. The third-order valence-corrected chi connectivity index (χ3v) is 3.93. The van der Waals surface area contributed by atoms with Crippen LogP contribution in [0.5, 0.6) is 0 Å². The predicted molar refractivity (Wildman–Crippen MR) is 80.1 cm³/mol. The topological polar surface area (TPSA) is 37.8 Å². The predicted octanol–water partition coefficient (Wildman–Crippen LogP) is 4.21. The van der Waals surface area contributed by atoms with Gasteiger partial charge in [-0.3, -0.25) is 0 Å². The molecule has 0 aliphatic heterocycles. The molecule has 18 heavy (non-hydrogen) atoms. The van der Waals surface area contributed by atoms with Gasteiger partial charge in [-0.2, -0.15) is 4.37 Å². The lowest BCUT2D eigenvalue weighted by Gasteiger charge is -2.12. The van der Waals surface area contributed by atoms with Crippen molar-refractivity contribution in [2.24, 2.45) is 0 Å². The summed E-state index contributed by atoms with van der Waals surface area (Å²) in [5.74, 6) is 0.891. The average Bonchev–Trinajstić information content (AvgIpc) is 2.76. The zero-order valence-corrected chi connectivity index (χ0v) is 13.1. The standard InChI is InChI=1S/C13H16BrN3S/c1-13(2,3)11-16-12(18-17-11)15-8-9-6-4-5-7-10(9)14/h4-7H,8H2,1-3H3,(H,15,16,17). The molecule has 5 heteroatoms. The number of nitrogens with one attached hydrogen (secondary N) is 1. The van der Waals surface area contributed by atoms with Crippen LogP contribution in [-0.4, -0.2) is 9.36 Å². The molecule has 1 aromatic carbocycles. The molecule has 2 rings (SSSR count). The van der Waals surface area contributed by atoms with E-state index < -0.39 is 0 Å². The highest BCUT2D eigenvalue weighted by molar-refractivity contribution is 9.10. The molecule has 0 saturated heterocycles. The van der Waals surface area contributed by atoms with Crippen LogP contribution in [0.3, 0.4) is 0 Å². The number of aromatic nitrogens is 2. The van der Waals surface area contributed by atoms with Gasteiger partial charge in [0.15, 0.2) is 0 Å². The van der Waals surface area contributed by atoms with E-state index in [0.29, 0.717) is 0 Å². The second-order valence-corrected chi connectivity index (χ2v) is 6.72. The number of anilines is 1. The van der Waals surface area contributed by atoms with Gasteiger partial charge in [0, 0.05) is 28.0 Å². The summed E-state index contributed by atoms with van der Waals surface area (Å²) in [6.07, 6.45) is 0. The van der Waals surface area contributed by atoms with Crippen LogP contribution in [0.4, 0.5) is 5.13 Å². The van der Waals surface area contributed by atoms with Crippen LogP contribution in [0.15, 0.2) is 28.7 Å². The van der Waals surface area contributed by atoms with Crippen molar-refractivity contribution in [1.29, 1.82) is 0 Å². The van der Waals surface area contributed by atoms with Crippen LogP contribution in [0, 0.1) is 0 Å². The first-order valence-electron chi connectivity index (χ1n) is 5.78. The van der Waals surface area contributed by atoms with Gasteiger partial charge in [-0.15, -0.1) is 0 Å². The van der Waals surface area contributed by atoms with Crippen molar-refractivity contribution < 1.29 is 0 Å². The largest absolute Gasteiger partial charge is 0.356 e. The van der Waals surface area contributed by atoms with E-state index in [4.69, 9.17) is 0 Å². The van der Waals surface area contributed by atoms with Gasteiger partial charge in [-0.05, 0) is 11.6 Å². The van der Waals surface area contributed by atoms with Crippen molar-refractivity contribution in [2.75, 3.05) is 5.32 Å². The second-order valence-electron chi connectivity index (χ2n) is 5.12. The molecule has 3 nitrogen and oxygen atoms in total. The van der Waals surface area contributed by atoms with E-state index in [1.807, 2.05) is 18.2 Å². The Hall–Kier alpha value is -0.940. The van der Waals surface area contributed by atoms with Crippen LogP contribution in [0.25, 0.3) is 0 Å². The molecule has 0 aliphatic rings. The molecular formula is C13H16BrN3S. The summed E-state index contributed by atoms with van der Waals surface area (Å²) in [5, 5.41) is 4.18. The van der Waals surface area contributed by atoms with Gasteiger partial charge in [-0.25, -0.2) is 4.98 Å². The quantitative estimate of drug-likeness (QED) is 0.918. The van der Waals surface area contributed by atoms with Crippen molar-refractivity contribution >= 4 is 32.6 Å². The fraction of sp³-hybridized carbons (Fsp3) is 0.385. The van der Waals surface area contributed by atoms with Gasteiger partial charge in [-0.1, -0.05) is 54.9 Å². The minimum absolute atomic E-state index is 0.00373. The Morgan fingerprint density at radius 3 is 2.61 bits per heavy atom. The number of benzene rings is 1. The molecule has 0 atom stereocenters. The van der Waals surface area contributed by atoms with Gasteiger partial charge >= 0.3 is 0 Å². The molecule has 0 fully saturated rings. The van der Waals surface area contributed by atoms with Gasteiger partial charge in [0.05, 0.1) is 0 Å². The summed E-state index contributed by atoms with van der Waals surface area (Å²) in [7, 11) is 0. The number of rotatable bonds is 3. The Balaban J connectivity index is 2.03. The fourth-order valence-electron chi connectivity index (χ4n) is 1.41. The Morgan fingerprint density at radius 2 is 2.00 bits per heavy atom. The minimum atomic E-state index is 0.00373. The second kappa shape index (κ2) is 5.36. The Bertz CT molecular complexity index is 531. The molecule has 0 amide bonds. The number of halogens is 1. The molecule has 0 unspecified atom stereocenters. The highest BCUT2D eigenvalue weighted by atomic mass is 79.9. The van der Waals surface area contributed by atoms with Crippen LogP contribution >= 0.6 is 27.5 Å². The lowest BCUT2D eigenvalue weighted by atomic mass is 9.96. The molecule has 2 aromatic rings. The molecule has 1 heterocycles. The zero-order chi connectivity index (χ0) is 13.2. The number of hydrogen-bond donors (Lipinski definition) is 1. The Labute approximate surface area is 120 Å².